The predicted molar refractivity (Wildman–Crippen MR) is 73.8 cm³/mol. The van der Waals surface area contributed by atoms with Gasteiger partial charge in [-0.25, -0.2) is 0 Å². The SMILES string of the molecule is COc1cc(CO)c(OC)c2c(N=O)ccc(NO)c12. The van der Waals surface area contributed by atoms with Crippen molar-refractivity contribution in [1.82, 2.24) is 0 Å². The van der Waals surface area contributed by atoms with Gasteiger partial charge in [0, 0.05) is 5.56 Å². The number of nitrogens with zero attached hydrogens (tertiary/aromatic N) is 1. The number of fused-ring (bicyclic) bond motifs is 1. The first-order chi connectivity index (χ1) is 9.71. The molecular formula is C13H14N2O5. The van der Waals surface area contributed by atoms with E-state index in [1.54, 1.807) is 6.07 Å². The van der Waals surface area contributed by atoms with Gasteiger partial charge >= 0.3 is 0 Å². The van der Waals surface area contributed by atoms with Crippen LogP contribution in [0.15, 0.2) is 23.4 Å². The van der Waals surface area contributed by atoms with Crippen molar-refractivity contribution in [2.24, 2.45) is 5.18 Å². The summed E-state index contributed by atoms with van der Waals surface area (Å²) in [6, 6.07) is 4.52. The highest BCUT2D eigenvalue weighted by molar-refractivity contribution is 6.08. The molecule has 0 atom stereocenters. The molecule has 3 N–H and O–H groups in total. The van der Waals surface area contributed by atoms with Crippen LogP contribution in [0.1, 0.15) is 5.56 Å². The molecule has 0 bridgehead atoms. The van der Waals surface area contributed by atoms with E-state index in [-0.39, 0.29) is 12.3 Å². The lowest BCUT2D eigenvalue weighted by Crippen LogP contribution is -1.99. The van der Waals surface area contributed by atoms with Gasteiger partial charge in [0.2, 0.25) is 0 Å². The van der Waals surface area contributed by atoms with E-state index in [2.05, 4.69) is 5.18 Å². The van der Waals surface area contributed by atoms with Crippen LogP contribution in [0.2, 0.25) is 0 Å². The van der Waals surface area contributed by atoms with Crippen LogP contribution < -0.4 is 15.0 Å². The number of hydrogen-bond donors (Lipinski definition) is 3. The Hall–Kier alpha value is -2.38. The van der Waals surface area contributed by atoms with Crippen LogP contribution >= 0.6 is 0 Å². The average molecular weight is 278 g/mol. The molecule has 0 aliphatic heterocycles. The zero-order valence-electron chi connectivity index (χ0n) is 11.0. The molecule has 2 aromatic carbocycles. The second-order valence-electron chi connectivity index (χ2n) is 4.01. The Labute approximate surface area is 114 Å². The van der Waals surface area contributed by atoms with Crippen LogP contribution in [-0.2, 0) is 6.61 Å². The summed E-state index contributed by atoms with van der Waals surface area (Å²) in [6.07, 6.45) is 0. The molecule has 0 fully saturated rings. The van der Waals surface area contributed by atoms with Crippen LogP contribution in [0.3, 0.4) is 0 Å². The molecular weight excluding hydrogens is 264 g/mol. The average Bonchev–Trinajstić information content (AvgIpc) is 2.51. The first-order valence-electron chi connectivity index (χ1n) is 5.76. The Bertz CT molecular complexity index is 657. The highest BCUT2D eigenvalue weighted by Gasteiger charge is 2.19. The van der Waals surface area contributed by atoms with Gasteiger partial charge in [-0.05, 0) is 23.4 Å². The van der Waals surface area contributed by atoms with E-state index in [4.69, 9.17) is 9.47 Å². The van der Waals surface area contributed by atoms with Gasteiger partial charge in [0.15, 0.2) is 0 Å². The van der Waals surface area contributed by atoms with Crippen LogP contribution in [0.25, 0.3) is 10.8 Å². The van der Waals surface area contributed by atoms with E-state index < -0.39 is 0 Å². The van der Waals surface area contributed by atoms with Crippen molar-refractivity contribution in [2.45, 2.75) is 6.61 Å². The fourth-order valence-electron chi connectivity index (χ4n) is 2.21. The zero-order valence-corrected chi connectivity index (χ0v) is 11.0. The molecule has 2 rings (SSSR count). The molecule has 0 unspecified atom stereocenters. The van der Waals surface area contributed by atoms with Gasteiger partial charge in [0.25, 0.3) is 0 Å². The van der Waals surface area contributed by atoms with Crippen LogP contribution in [-0.4, -0.2) is 24.5 Å². The molecule has 20 heavy (non-hydrogen) atoms. The zero-order chi connectivity index (χ0) is 14.7. The number of aliphatic hydroxyl groups excluding tert-OH is 1. The molecule has 0 aliphatic rings. The lowest BCUT2D eigenvalue weighted by molar-refractivity contribution is 0.273. The highest BCUT2D eigenvalue weighted by Crippen LogP contribution is 2.45. The Morgan fingerprint density at radius 3 is 2.50 bits per heavy atom. The normalized spacial score (nSPS) is 10.4. The highest BCUT2D eigenvalue weighted by atomic mass is 16.5. The summed E-state index contributed by atoms with van der Waals surface area (Å²) in [7, 11) is 2.87. The van der Waals surface area contributed by atoms with Crippen molar-refractivity contribution >= 4 is 22.1 Å². The number of aliphatic hydroxyl groups is 1. The molecule has 0 amide bonds. The second kappa shape index (κ2) is 5.72. The van der Waals surface area contributed by atoms with E-state index in [1.165, 1.54) is 26.4 Å². The van der Waals surface area contributed by atoms with Gasteiger partial charge in [-0.1, -0.05) is 0 Å². The summed E-state index contributed by atoms with van der Waals surface area (Å²) < 4.78 is 10.5. The largest absolute Gasteiger partial charge is 0.496 e. The number of ether oxygens (including phenoxy) is 2. The molecule has 106 valence electrons. The number of nitroso groups, excluding NO2 is 1. The maximum atomic E-state index is 11.0. The van der Waals surface area contributed by atoms with E-state index in [1.807, 2.05) is 5.48 Å². The van der Waals surface area contributed by atoms with Crippen molar-refractivity contribution < 1.29 is 19.8 Å². The molecule has 0 aliphatic carbocycles. The summed E-state index contributed by atoms with van der Waals surface area (Å²) in [4.78, 5) is 11.0. The standard InChI is InChI=1S/C13H14N2O5/c1-19-10-5-7(6-16)13(20-2)12-9(15-18)4-3-8(14-17)11(10)12/h3-5,14,16-17H,6H2,1-2H3. The van der Waals surface area contributed by atoms with Gasteiger partial charge < -0.3 is 14.6 Å². The summed E-state index contributed by atoms with van der Waals surface area (Å²) in [5.41, 5.74) is 2.97. The fraction of sp³-hybridized carbons (Fsp3) is 0.231. The number of hydrogen-bond acceptors (Lipinski definition) is 7. The van der Waals surface area contributed by atoms with Crippen molar-refractivity contribution in [3.05, 3.63) is 28.7 Å². The van der Waals surface area contributed by atoms with E-state index in [0.29, 0.717) is 33.5 Å². The van der Waals surface area contributed by atoms with Gasteiger partial charge in [-0.2, -0.15) is 0 Å². The van der Waals surface area contributed by atoms with Crippen molar-refractivity contribution in [1.29, 1.82) is 0 Å². The minimum atomic E-state index is -0.287. The second-order valence-corrected chi connectivity index (χ2v) is 4.01. The van der Waals surface area contributed by atoms with Crippen LogP contribution in [0.5, 0.6) is 11.5 Å². The number of rotatable bonds is 5. The number of methoxy groups -OCH3 is 2. The van der Waals surface area contributed by atoms with Gasteiger partial charge in [-0.3, -0.25) is 10.7 Å². The fourth-order valence-corrected chi connectivity index (χ4v) is 2.21. The molecule has 7 nitrogen and oxygen atoms in total. The molecule has 0 radical (unpaired) electrons. The monoisotopic (exact) mass is 278 g/mol. The van der Waals surface area contributed by atoms with Gasteiger partial charge in [0.05, 0.1) is 37.3 Å². The third-order valence-electron chi connectivity index (χ3n) is 3.07. The van der Waals surface area contributed by atoms with Crippen LogP contribution in [0.4, 0.5) is 11.4 Å². The van der Waals surface area contributed by atoms with Gasteiger partial charge in [0.1, 0.15) is 17.2 Å². The minimum absolute atomic E-state index is 0.129. The third kappa shape index (κ3) is 2.02. The van der Waals surface area contributed by atoms with Crippen molar-refractivity contribution in [3.8, 4) is 11.5 Å². The summed E-state index contributed by atoms with van der Waals surface area (Å²) >= 11 is 0. The van der Waals surface area contributed by atoms with E-state index >= 15 is 0 Å². The predicted octanol–water partition coefficient (Wildman–Crippen LogP) is 2.55. The molecule has 7 heteroatoms. The Kier molecular flexibility index (Phi) is 4.02. The molecule has 0 aromatic heterocycles. The number of anilines is 1. The van der Waals surface area contributed by atoms with Crippen LogP contribution in [0, 0.1) is 4.91 Å². The molecule has 0 saturated carbocycles. The molecule has 0 heterocycles. The third-order valence-corrected chi connectivity index (χ3v) is 3.07. The molecule has 2 aromatic rings. The molecule has 0 saturated heterocycles. The lowest BCUT2D eigenvalue weighted by atomic mass is 10.0. The van der Waals surface area contributed by atoms with Crippen molar-refractivity contribution in [2.75, 3.05) is 19.7 Å². The first-order valence-corrected chi connectivity index (χ1v) is 5.76. The number of benzene rings is 2. The van der Waals surface area contributed by atoms with E-state index in [0.717, 1.165) is 0 Å². The quantitative estimate of drug-likeness (QED) is 0.574. The first kappa shape index (κ1) is 14.0. The molecule has 0 spiro atoms. The maximum Gasteiger partial charge on any atom is 0.134 e. The van der Waals surface area contributed by atoms with E-state index in [9.17, 15) is 15.2 Å². The Morgan fingerprint density at radius 1 is 1.25 bits per heavy atom. The topological polar surface area (TPSA) is 100 Å². The summed E-state index contributed by atoms with van der Waals surface area (Å²) in [5, 5.41) is 22.4. The smallest absolute Gasteiger partial charge is 0.134 e. The number of nitrogens with one attached hydrogen (secondary N) is 1. The Balaban J connectivity index is 3.03. The minimum Gasteiger partial charge on any atom is -0.496 e. The summed E-state index contributed by atoms with van der Waals surface area (Å²) in [6.45, 7) is -0.287. The summed E-state index contributed by atoms with van der Waals surface area (Å²) in [5.74, 6) is 0.696. The lowest BCUT2D eigenvalue weighted by Gasteiger charge is -2.16. The van der Waals surface area contributed by atoms with Gasteiger partial charge in [-0.15, -0.1) is 4.91 Å². The maximum absolute atomic E-state index is 11.0. The van der Waals surface area contributed by atoms with Crippen molar-refractivity contribution in [3.63, 3.8) is 0 Å². The Morgan fingerprint density at radius 2 is 2.00 bits per heavy atom.